The SMILES string of the molecule is CC(C)=C[C@H]1[C@H](C(=O)Nc2ccc(F)cc2)C1(C)C. The van der Waals surface area contributed by atoms with Gasteiger partial charge < -0.3 is 5.32 Å². The molecule has 0 unspecified atom stereocenters. The summed E-state index contributed by atoms with van der Waals surface area (Å²) in [7, 11) is 0. The number of amides is 1. The van der Waals surface area contributed by atoms with Crippen molar-refractivity contribution in [3.05, 3.63) is 41.7 Å². The highest BCUT2D eigenvalue weighted by molar-refractivity contribution is 5.95. The molecular weight excluding hydrogens is 241 g/mol. The van der Waals surface area contributed by atoms with E-state index in [4.69, 9.17) is 0 Å². The molecule has 1 aromatic carbocycles. The zero-order valence-electron chi connectivity index (χ0n) is 11.8. The van der Waals surface area contributed by atoms with Gasteiger partial charge in [0.25, 0.3) is 0 Å². The molecule has 3 heteroatoms. The van der Waals surface area contributed by atoms with Gasteiger partial charge in [0.1, 0.15) is 5.82 Å². The number of anilines is 1. The van der Waals surface area contributed by atoms with Crippen LogP contribution in [0.15, 0.2) is 35.9 Å². The maximum Gasteiger partial charge on any atom is 0.228 e. The van der Waals surface area contributed by atoms with Crippen LogP contribution in [0.5, 0.6) is 0 Å². The molecule has 1 aromatic rings. The number of rotatable bonds is 3. The molecule has 0 aliphatic heterocycles. The van der Waals surface area contributed by atoms with Gasteiger partial charge in [0.05, 0.1) is 5.92 Å². The first-order chi connectivity index (χ1) is 8.82. The Morgan fingerprint density at radius 2 is 1.84 bits per heavy atom. The Kier molecular flexibility index (Phi) is 3.48. The number of carbonyl (C=O) groups is 1. The van der Waals surface area contributed by atoms with Crippen molar-refractivity contribution in [2.75, 3.05) is 5.32 Å². The van der Waals surface area contributed by atoms with Crippen molar-refractivity contribution in [3.63, 3.8) is 0 Å². The van der Waals surface area contributed by atoms with Crippen LogP contribution < -0.4 is 5.32 Å². The number of hydrogen-bond acceptors (Lipinski definition) is 1. The fourth-order valence-electron chi connectivity index (χ4n) is 2.60. The van der Waals surface area contributed by atoms with Crippen LogP contribution in [0, 0.1) is 23.1 Å². The molecule has 0 radical (unpaired) electrons. The van der Waals surface area contributed by atoms with Crippen LogP contribution in [-0.2, 0) is 4.79 Å². The van der Waals surface area contributed by atoms with Gasteiger partial charge in [0.2, 0.25) is 5.91 Å². The molecule has 102 valence electrons. The van der Waals surface area contributed by atoms with Gasteiger partial charge in [-0.05, 0) is 49.4 Å². The van der Waals surface area contributed by atoms with Crippen molar-refractivity contribution >= 4 is 11.6 Å². The fraction of sp³-hybridized carbons (Fsp3) is 0.438. The molecule has 0 saturated heterocycles. The molecule has 1 N–H and O–H groups in total. The third-order valence-corrected chi connectivity index (χ3v) is 3.82. The molecule has 0 spiro atoms. The van der Waals surface area contributed by atoms with E-state index in [0.29, 0.717) is 5.69 Å². The van der Waals surface area contributed by atoms with Gasteiger partial charge in [-0.3, -0.25) is 4.79 Å². The van der Waals surface area contributed by atoms with Crippen molar-refractivity contribution in [1.29, 1.82) is 0 Å². The average molecular weight is 261 g/mol. The van der Waals surface area contributed by atoms with Crippen LogP contribution in [0.1, 0.15) is 27.7 Å². The van der Waals surface area contributed by atoms with Crippen LogP contribution in [0.25, 0.3) is 0 Å². The smallest absolute Gasteiger partial charge is 0.228 e. The van der Waals surface area contributed by atoms with Crippen LogP contribution in [0.4, 0.5) is 10.1 Å². The van der Waals surface area contributed by atoms with E-state index in [-0.39, 0.29) is 29.0 Å². The minimum absolute atomic E-state index is 0.00137. The summed E-state index contributed by atoms with van der Waals surface area (Å²) in [5.41, 5.74) is 1.88. The largest absolute Gasteiger partial charge is 0.326 e. The van der Waals surface area contributed by atoms with Crippen molar-refractivity contribution in [3.8, 4) is 0 Å². The molecule has 0 bridgehead atoms. The van der Waals surface area contributed by atoms with E-state index in [9.17, 15) is 9.18 Å². The predicted molar refractivity (Wildman–Crippen MR) is 75.2 cm³/mol. The minimum atomic E-state index is -0.299. The summed E-state index contributed by atoms with van der Waals surface area (Å²) in [6, 6.07) is 5.86. The summed E-state index contributed by atoms with van der Waals surface area (Å²) in [4.78, 5) is 12.2. The Bertz CT molecular complexity index is 512. The van der Waals surface area contributed by atoms with Crippen LogP contribution in [0.2, 0.25) is 0 Å². The quantitative estimate of drug-likeness (QED) is 0.819. The fourth-order valence-corrected chi connectivity index (χ4v) is 2.60. The molecule has 1 aliphatic rings. The van der Waals surface area contributed by atoms with Gasteiger partial charge in [-0.2, -0.15) is 0 Å². The Morgan fingerprint density at radius 1 is 1.26 bits per heavy atom. The van der Waals surface area contributed by atoms with E-state index in [2.05, 4.69) is 25.2 Å². The van der Waals surface area contributed by atoms with Gasteiger partial charge in [-0.25, -0.2) is 4.39 Å². The summed E-state index contributed by atoms with van der Waals surface area (Å²) >= 11 is 0. The molecule has 2 atom stereocenters. The Hall–Kier alpha value is -1.64. The highest BCUT2D eigenvalue weighted by Gasteiger charge is 2.60. The third-order valence-electron chi connectivity index (χ3n) is 3.82. The van der Waals surface area contributed by atoms with Crippen LogP contribution >= 0.6 is 0 Å². The number of carbonyl (C=O) groups excluding carboxylic acids is 1. The summed E-state index contributed by atoms with van der Waals surface area (Å²) < 4.78 is 12.8. The first-order valence-corrected chi connectivity index (χ1v) is 6.54. The highest BCUT2D eigenvalue weighted by Crippen LogP contribution is 2.59. The monoisotopic (exact) mass is 261 g/mol. The lowest BCUT2D eigenvalue weighted by molar-refractivity contribution is -0.118. The van der Waals surface area contributed by atoms with Gasteiger partial charge >= 0.3 is 0 Å². The third kappa shape index (κ3) is 2.86. The lowest BCUT2D eigenvalue weighted by Gasteiger charge is -2.05. The molecule has 1 aliphatic carbocycles. The Balaban J connectivity index is 2.05. The highest BCUT2D eigenvalue weighted by atomic mass is 19.1. The zero-order valence-corrected chi connectivity index (χ0v) is 11.8. The Morgan fingerprint density at radius 3 is 2.37 bits per heavy atom. The number of hydrogen-bond donors (Lipinski definition) is 1. The van der Waals surface area contributed by atoms with E-state index in [1.54, 1.807) is 12.1 Å². The van der Waals surface area contributed by atoms with E-state index in [1.165, 1.54) is 17.7 Å². The predicted octanol–water partition coefficient (Wildman–Crippen LogP) is 4.00. The van der Waals surface area contributed by atoms with E-state index >= 15 is 0 Å². The first kappa shape index (κ1) is 13.8. The topological polar surface area (TPSA) is 29.1 Å². The van der Waals surface area contributed by atoms with Crippen molar-refractivity contribution in [2.45, 2.75) is 27.7 Å². The molecule has 1 fully saturated rings. The first-order valence-electron chi connectivity index (χ1n) is 6.54. The van der Waals surface area contributed by atoms with Gasteiger partial charge in [0, 0.05) is 5.69 Å². The summed E-state index contributed by atoms with van der Waals surface area (Å²) in [6.45, 7) is 8.30. The molecule has 2 rings (SSSR count). The van der Waals surface area contributed by atoms with Crippen LogP contribution in [-0.4, -0.2) is 5.91 Å². The average Bonchev–Trinajstić information content (AvgIpc) is 2.83. The van der Waals surface area contributed by atoms with Gasteiger partial charge in [0.15, 0.2) is 0 Å². The normalized spacial score (nSPS) is 23.6. The summed E-state index contributed by atoms with van der Waals surface area (Å²) in [5, 5.41) is 2.86. The maximum absolute atomic E-state index is 12.8. The van der Waals surface area contributed by atoms with Gasteiger partial charge in [-0.15, -0.1) is 0 Å². The van der Waals surface area contributed by atoms with Gasteiger partial charge in [-0.1, -0.05) is 25.5 Å². The lowest BCUT2D eigenvalue weighted by atomic mass is 10.1. The second kappa shape index (κ2) is 4.80. The molecule has 2 nitrogen and oxygen atoms in total. The lowest BCUT2D eigenvalue weighted by Crippen LogP contribution is -2.16. The Labute approximate surface area is 113 Å². The standard InChI is InChI=1S/C16H20FNO/c1-10(2)9-13-14(16(13,3)4)15(19)18-12-7-5-11(17)6-8-12/h5-9,13-14H,1-4H3,(H,18,19)/t13-,14+/m0/s1. The van der Waals surface area contributed by atoms with Crippen molar-refractivity contribution < 1.29 is 9.18 Å². The molecule has 1 amide bonds. The van der Waals surface area contributed by atoms with E-state index in [0.717, 1.165) is 0 Å². The molecule has 0 aromatic heterocycles. The van der Waals surface area contributed by atoms with E-state index < -0.39 is 0 Å². The van der Waals surface area contributed by atoms with Crippen LogP contribution in [0.3, 0.4) is 0 Å². The maximum atomic E-state index is 12.8. The zero-order chi connectivity index (χ0) is 14.2. The molecule has 1 saturated carbocycles. The second-order valence-corrected chi connectivity index (χ2v) is 6.06. The minimum Gasteiger partial charge on any atom is -0.326 e. The number of halogens is 1. The van der Waals surface area contributed by atoms with Crippen molar-refractivity contribution in [2.24, 2.45) is 17.3 Å². The van der Waals surface area contributed by atoms with E-state index in [1.807, 2.05) is 13.8 Å². The van der Waals surface area contributed by atoms with Crippen molar-refractivity contribution in [1.82, 2.24) is 0 Å². The summed E-state index contributed by atoms with van der Waals surface area (Å²) in [5.74, 6) is -0.00308. The second-order valence-electron chi connectivity index (χ2n) is 6.06. The number of nitrogens with one attached hydrogen (secondary N) is 1. The molecular formula is C16H20FNO. The number of allylic oxidation sites excluding steroid dienone is 2. The molecule has 0 heterocycles. The summed E-state index contributed by atoms with van der Waals surface area (Å²) in [6.07, 6.45) is 2.16. The number of benzene rings is 1. The molecule has 19 heavy (non-hydrogen) atoms.